The molecule has 0 atom stereocenters. The third kappa shape index (κ3) is 5.69. The number of benzene rings is 3. The van der Waals surface area contributed by atoms with Crippen LogP contribution in [0.1, 0.15) is 21.5 Å². The first kappa shape index (κ1) is 24.8. The zero-order chi connectivity index (χ0) is 25.1. The molecule has 0 aliphatic carbocycles. The van der Waals surface area contributed by atoms with Gasteiger partial charge in [0, 0.05) is 5.02 Å². The van der Waals surface area contributed by atoms with Gasteiger partial charge in [-0.25, -0.2) is 4.79 Å². The number of hydrogen-bond acceptors (Lipinski definition) is 5. The van der Waals surface area contributed by atoms with Crippen LogP contribution in [-0.2, 0) is 16.2 Å². The summed E-state index contributed by atoms with van der Waals surface area (Å²) in [5, 5.41) is 12.3. The molecule has 3 aromatic carbocycles. The molecule has 0 bridgehead atoms. The number of carbonyl (C=O) groups is 3. The Morgan fingerprint density at radius 1 is 1.11 bits per heavy atom. The Morgan fingerprint density at radius 2 is 1.86 bits per heavy atom. The summed E-state index contributed by atoms with van der Waals surface area (Å²) >= 11 is 13.2. The van der Waals surface area contributed by atoms with Crippen molar-refractivity contribution in [3.05, 3.63) is 97.6 Å². The van der Waals surface area contributed by atoms with E-state index in [1.54, 1.807) is 36.4 Å². The molecule has 176 valence electrons. The summed E-state index contributed by atoms with van der Waals surface area (Å²) in [7, 11) is 0. The molecule has 10 heteroatoms. The van der Waals surface area contributed by atoms with Crippen molar-refractivity contribution >= 4 is 81.1 Å². The molecule has 1 aliphatic heterocycles. The lowest BCUT2D eigenvalue weighted by Crippen LogP contribution is -2.54. The van der Waals surface area contributed by atoms with Gasteiger partial charge in [0.2, 0.25) is 0 Å². The smallest absolute Gasteiger partial charge is 0.335 e. The van der Waals surface area contributed by atoms with Gasteiger partial charge in [-0.1, -0.05) is 35.9 Å². The molecule has 35 heavy (non-hydrogen) atoms. The third-order valence-electron chi connectivity index (χ3n) is 5.03. The highest BCUT2D eigenvalue weighted by Crippen LogP contribution is 2.27. The first-order chi connectivity index (χ1) is 16.7. The predicted octanol–water partition coefficient (Wildman–Crippen LogP) is 5.05. The van der Waals surface area contributed by atoms with Gasteiger partial charge in [-0.05, 0) is 94.5 Å². The Labute approximate surface area is 224 Å². The number of nitrogens with one attached hydrogen (secondary N) is 1. The SMILES string of the molecule is O=C1NC(=S)N(c2cccc(C(=O)O)c2)C(=O)C1=Cc1ccc(OCc2ccc(Cl)cc2)c(I)c1. The van der Waals surface area contributed by atoms with Crippen LogP contribution >= 0.6 is 46.4 Å². The van der Waals surface area contributed by atoms with E-state index in [1.165, 1.54) is 24.3 Å². The number of amides is 2. The van der Waals surface area contributed by atoms with Gasteiger partial charge in [0.05, 0.1) is 14.8 Å². The van der Waals surface area contributed by atoms with Gasteiger partial charge in [0.15, 0.2) is 5.11 Å². The minimum atomic E-state index is -1.14. The van der Waals surface area contributed by atoms with Crippen LogP contribution in [0.4, 0.5) is 5.69 Å². The Hall–Kier alpha value is -3.28. The molecule has 0 radical (unpaired) electrons. The van der Waals surface area contributed by atoms with Crippen molar-refractivity contribution < 1.29 is 24.2 Å². The summed E-state index contributed by atoms with van der Waals surface area (Å²) in [4.78, 5) is 38.2. The van der Waals surface area contributed by atoms with E-state index in [-0.39, 0.29) is 21.9 Å². The number of carbonyl (C=O) groups excluding carboxylic acids is 2. The number of carboxylic acids is 1. The van der Waals surface area contributed by atoms with Crippen molar-refractivity contribution in [2.24, 2.45) is 0 Å². The van der Waals surface area contributed by atoms with E-state index in [2.05, 4.69) is 27.9 Å². The van der Waals surface area contributed by atoms with Crippen molar-refractivity contribution in [3.8, 4) is 5.75 Å². The lowest BCUT2D eigenvalue weighted by Gasteiger charge is -2.29. The number of aromatic carboxylic acids is 1. The van der Waals surface area contributed by atoms with Gasteiger partial charge in [-0.15, -0.1) is 0 Å². The molecule has 4 rings (SSSR count). The monoisotopic (exact) mass is 618 g/mol. The van der Waals surface area contributed by atoms with Crippen LogP contribution in [0.25, 0.3) is 6.08 Å². The molecular weight excluding hydrogens is 603 g/mol. The lowest BCUT2D eigenvalue weighted by atomic mass is 10.1. The van der Waals surface area contributed by atoms with E-state index >= 15 is 0 Å². The van der Waals surface area contributed by atoms with E-state index < -0.39 is 17.8 Å². The Balaban J connectivity index is 1.57. The second kappa shape index (κ2) is 10.5. The van der Waals surface area contributed by atoms with Gasteiger partial charge < -0.3 is 9.84 Å². The van der Waals surface area contributed by atoms with Crippen LogP contribution < -0.4 is 15.0 Å². The maximum absolute atomic E-state index is 13.2. The maximum Gasteiger partial charge on any atom is 0.335 e. The molecular formula is C25H16ClIN2O5S. The minimum Gasteiger partial charge on any atom is -0.488 e. The van der Waals surface area contributed by atoms with E-state index in [9.17, 15) is 19.5 Å². The highest BCUT2D eigenvalue weighted by Gasteiger charge is 2.34. The normalized spacial score (nSPS) is 14.7. The summed E-state index contributed by atoms with van der Waals surface area (Å²) in [5.41, 5.74) is 1.67. The van der Waals surface area contributed by atoms with Crippen molar-refractivity contribution in [3.63, 3.8) is 0 Å². The van der Waals surface area contributed by atoms with Crippen molar-refractivity contribution in [1.82, 2.24) is 5.32 Å². The molecule has 2 N–H and O–H groups in total. The molecule has 0 unspecified atom stereocenters. The van der Waals surface area contributed by atoms with Gasteiger partial charge in [0.25, 0.3) is 11.8 Å². The summed E-state index contributed by atoms with van der Waals surface area (Å²) in [6.45, 7) is 0.357. The number of nitrogens with zero attached hydrogens (tertiary/aromatic N) is 1. The average molecular weight is 619 g/mol. The zero-order valence-corrected chi connectivity index (χ0v) is 21.6. The van der Waals surface area contributed by atoms with Gasteiger partial charge in [0.1, 0.15) is 17.9 Å². The summed E-state index contributed by atoms with van der Waals surface area (Å²) in [6.07, 6.45) is 1.46. The number of hydrogen-bond donors (Lipinski definition) is 2. The third-order valence-corrected chi connectivity index (χ3v) is 6.41. The highest BCUT2D eigenvalue weighted by molar-refractivity contribution is 14.1. The van der Waals surface area contributed by atoms with Crippen LogP contribution in [0.5, 0.6) is 5.75 Å². The van der Waals surface area contributed by atoms with Crippen LogP contribution in [0.3, 0.4) is 0 Å². The molecule has 0 saturated carbocycles. The van der Waals surface area contributed by atoms with Crippen LogP contribution in [0.2, 0.25) is 5.02 Å². The fourth-order valence-corrected chi connectivity index (χ4v) is 4.40. The first-order valence-electron chi connectivity index (χ1n) is 10.1. The van der Waals surface area contributed by atoms with E-state index in [4.69, 9.17) is 28.6 Å². The van der Waals surface area contributed by atoms with E-state index in [0.717, 1.165) is 14.0 Å². The molecule has 7 nitrogen and oxygen atoms in total. The van der Waals surface area contributed by atoms with Gasteiger partial charge in [-0.2, -0.15) is 0 Å². The summed E-state index contributed by atoms with van der Waals surface area (Å²) in [5.74, 6) is -1.78. The number of anilines is 1. The largest absolute Gasteiger partial charge is 0.488 e. The van der Waals surface area contributed by atoms with Crippen molar-refractivity contribution in [2.75, 3.05) is 4.90 Å². The molecule has 1 saturated heterocycles. The van der Waals surface area contributed by atoms with Crippen LogP contribution in [-0.4, -0.2) is 28.0 Å². The molecule has 3 aromatic rings. The molecule has 1 fully saturated rings. The van der Waals surface area contributed by atoms with Crippen molar-refractivity contribution in [2.45, 2.75) is 6.61 Å². The fraction of sp³-hybridized carbons (Fsp3) is 0.0400. The molecule has 0 aromatic heterocycles. The zero-order valence-electron chi connectivity index (χ0n) is 17.8. The number of carboxylic acid groups (broad SMARTS) is 1. The second-order valence-corrected chi connectivity index (χ2v) is 9.40. The lowest BCUT2D eigenvalue weighted by molar-refractivity contribution is -0.122. The second-order valence-electron chi connectivity index (χ2n) is 7.42. The molecule has 1 aliphatic rings. The summed E-state index contributed by atoms with van der Waals surface area (Å²) < 4.78 is 6.67. The molecule has 2 amide bonds. The molecule has 1 heterocycles. The number of thiocarbonyl (C=S) groups is 1. The number of halogens is 2. The van der Waals surface area contributed by atoms with Crippen LogP contribution in [0, 0.1) is 3.57 Å². The average Bonchev–Trinajstić information content (AvgIpc) is 2.82. The van der Waals surface area contributed by atoms with E-state index in [1.807, 2.05) is 12.1 Å². The highest BCUT2D eigenvalue weighted by atomic mass is 127. The Morgan fingerprint density at radius 3 is 2.54 bits per heavy atom. The number of rotatable bonds is 6. The van der Waals surface area contributed by atoms with Crippen molar-refractivity contribution in [1.29, 1.82) is 0 Å². The first-order valence-corrected chi connectivity index (χ1v) is 12.0. The standard InChI is InChI=1S/C25H16ClIN2O5S/c26-17-7-4-14(5-8-17)13-34-21-9-6-15(11-20(21)27)10-19-22(30)28-25(35)29(23(19)31)18-3-1-2-16(12-18)24(32)33/h1-12H,13H2,(H,32,33)(H,28,30,35). The Bertz CT molecular complexity index is 1390. The van der Waals surface area contributed by atoms with Gasteiger partial charge in [-0.3, -0.25) is 19.8 Å². The topological polar surface area (TPSA) is 95.9 Å². The fourth-order valence-electron chi connectivity index (χ4n) is 3.30. The van der Waals surface area contributed by atoms with Crippen LogP contribution in [0.15, 0.2) is 72.3 Å². The number of ether oxygens (including phenoxy) is 1. The van der Waals surface area contributed by atoms with Gasteiger partial charge >= 0.3 is 5.97 Å². The maximum atomic E-state index is 13.2. The molecule has 0 spiro atoms. The summed E-state index contributed by atoms with van der Waals surface area (Å²) in [6, 6.07) is 18.4. The predicted molar refractivity (Wildman–Crippen MR) is 145 cm³/mol. The Kier molecular flexibility index (Phi) is 7.48. The minimum absolute atomic E-state index is 0.00993. The quantitative estimate of drug-likeness (QED) is 0.174. The van der Waals surface area contributed by atoms with E-state index in [0.29, 0.717) is 22.9 Å².